The fourth-order valence-electron chi connectivity index (χ4n) is 2.58. The summed E-state index contributed by atoms with van der Waals surface area (Å²) in [6.45, 7) is 4.82. The highest BCUT2D eigenvalue weighted by Crippen LogP contribution is 2.30. The number of anilines is 1. The van der Waals surface area contributed by atoms with E-state index in [1.165, 1.54) is 12.1 Å². The molecule has 0 saturated carbocycles. The minimum Gasteiger partial charge on any atom is -0.392 e. The van der Waals surface area contributed by atoms with E-state index in [4.69, 9.17) is 0 Å². The van der Waals surface area contributed by atoms with Gasteiger partial charge in [-0.3, -0.25) is 9.69 Å². The number of hydrogen-bond donors (Lipinski definition) is 2. The number of aliphatic hydroxyl groups is 1. The summed E-state index contributed by atoms with van der Waals surface area (Å²) in [6, 6.07) is 3.89. The molecule has 2 N–H and O–H groups in total. The molecule has 1 aliphatic rings. The number of alkyl halides is 3. The van der Waals surface area contributed by atoms with E-state index >= 15 is 0 Å². The quantitative estimate of drug-likeness (QED) is 0.896. The Labute approximate surface area is 133 Å². The number of aliphatic hydroxyl groups excluding tert-OH is 1. The van der Waals surface area contributed by atoms with E-state index in [2.05, 4.69) is 5.32 Å². The number of piperidine rings is 1. The van der Waals surface area contributed by atoms with Crippen LogP contribution >= 0.6 is 0 Å². The summed E-state index contributed by atoms with van der Waals surface area (Å²) in [6.07, 6.45) is -4.06. The molecular weight excluding hydrogens is 309 g/mol. The highest BCUT2D eigenvalue weighted by Gasteiger charge is 2.31. The monoisotopic (exact) mass is 330 g/mol. The van der Waals surface area contributed by atoms with Gasteiger partial charge in [-0.25, -0.2) is 0 Å². The van der Waals surface area contributed by atoms with Crippen molar-refractivity contribution in [2.24, 2.45) is 5.92 Å². The molecular formula is C16H21F3N2O2. The lowest BCUT2D eigenvalue weighted by molar-refractivity contribution is -0.137. The van der Waals surface area contributed by atoms with Crippen molar-refractivity contribution in [3.63, 3.8) is 0 Å². The molecule has 2 rings (SSSR count). The number of halogens is 3. The van der Waals surface area contributed by atoms with Crippen molar-refractivity contribution in [2.45, 2.75) is 38.6 Å². The summed E-state index contributed by atoms with van der Waals surface area (Å²) < 4.78 is 37.5. The van der Waals surface area contributed by atoms with Gasteiger partial charge in [0.1, 0.15) is 0 Å². The van der Waals surface area contributed by atoms with Gasteiger partial charge in [0, 0.05) is 12.2 Å². The van der Waals surface area contributed by atoms with Crippen LogP contribution in [0.5, 0.6) is 0 Å². The lowest BCUT2D eigenvalue weighted by Crippen LogP contribution is -2.50. The Hall–Kier alpha value is -1.60. The molecule has 3 atom stereocenters. The Bertz CT molecular complexity index is 545. The number of nitrogens with one attached hydrogen (secondary N) is 1. The smallest absolute Gasteiger partial charge is 0.392 e. The van der Waals surface area contributed by atoms with Crippen LogP contribution in [-0.2, 0) is 11.0 Å². The summed E-state index contributed by atoms with van der Waals surface area (Å²) in [7, 11) is 0. The number of likely N-dealkylation sites (tertiary alicyclic amines) is 1. The van der Waals surface area contributed by atoms with Gasteiger partial charge >= 0.3 is 6.18 Å². The molecule has 1 amide bonds. The van der Waals surface area contributed by atoms with Gasteiger partial charge in [0.2, 0.25) is 5.91 Å². The van der Waals surface area contributed by atoms with Crippen LogP contribution in [0.25, 0.3) is 0 Å². The molecule has 1 heterocycles. The SMILES string of the molecule is CC1CCN(C(C)C(=O)Nc2ccc(C(F)(F)F)cc2)CC1O. The molecule has 0 spiro atoms. The minimum atomic E-state index is -4.39. The number of β-amino-alcohol motifs (C(OH)–C–C–N with tert-alkyl or cyclic N) is 1. The molecule has 1 saturated heterocycles. The first kappa shape index (κ1) is 17.7. The van der Waals surface area contributed by atoms with Crippen LogP contribution < -0.4 is 5.32 Å². The molecule has 1 aliphatic heterocycles. The number of benzene rings is 1. The molecule has 1 aromatic rings. The van der Waals surface area contributed by atoms with Crippen LogP contribution in [0.2, 0.25) is 0 Å². The zero-order valence-electron chi connectivity index (χ0n) is 13.1. The third-order valence-electron chi connectivity index (χ3n) is 4.36. The fraction of sp³-hybridized carbons (Fsp3) is 0.562. The Morgan fingerprint density at radius 3 is 2.48 bits per heavy atom. The zero-order valence-corrected chi connectivity index (χ0v) is 13.1. The number of carbonyl (C=O) groups is 1. The Kier molecular flexibility index (Phi) is 5.31. The highest BCUT2D eigenvalue weighted by molar-refractivity contribution is 5.94. The first-order chi connectivity index (χ1) is 10.7. The largest absolute Gasteiger partial charge is 0.416 e. The second-order valence-corrected chi connectivity index (χ2v) is 6.07. The minimum absolute atomic E-state index is 0.205. The first-order valence-corrected chi connectivity index (χ1v) is 7.58. The number of hydrogen-bond acceptors (Lipinski definition) is 3. The third-order valence-corrected chi connectivity index (χ3v) is 4.36. The second kappa shape index (κ2) is 6.88. The second-order valence-electron chi connectivity index (χ2n) is 6.07. The van der Waals surface area contributed by atoms with Gasteiger partial charge in [0.25, 0.3) is 0 Å². The van der Waals surface area contributed by atoms with Gasteiger partial charge in [-0.1, -0.05) is 6.92 Å². The summed E-state index contributed by atoms with van der Waals surface area (Å²) >= 11 is 0. The molecule has 0 aliphatic carbocycles. The Morgan fingerprint density at radius 2 is 1.96 bits per heavy atom. The van der Waals surface area contributed by atoms with Crippen molar-refractivity contribution in [3.8, 4) is 0 Å². The highest BCUT2D eigenvalue weighted by atomic mass is 19.4. The van der Waals surface area contributed by atoms with E-state index in [-0.39, 0.29) is 11.8 Å². The van der Waals surface area contributed by atoms with Gasteiger partial charge in [0.05, 0.1) is 17.7 Å². The summed E-state index contributed by atoms with van der Waals surface area (Å²) in [5.74, 6) is -0.0945. The van der Waals surface area contributed by atoms with Crippen molar-refractivity contribution < 1.29 is 23.1 Å². The molecule has 7 heteroatoms. The number of amides is 1. The average molecular weight is 330 g/mol. The molecule has 0 bridgehead atoms. The van der Waals surface area contributed by atoms with Gasteiger partial charge in [0.15, 0.2) is 0 Å². The van der Waals surface area contributed by atoms with Crippen LogP contribution in [0.1, 0.15) is 25.8 Å². The summed E-state index contributed by atoms with van der Waals surface area (Å²) in [5.41, 5.74) is -0.433. The maximum absolute atomic E-state index is 12.5. The zero-order chi connectivity index (χ0) is 17.2. The maximum Gasteiger partial charge on any atom is 0.416 e. The van der Waals surface area contributed by atoms with Crippen LogP contribution in [0.15, 0.2) is 24.3 Å². The summed E-state index contributed by atoms with van der Waals surface area (Å²) in [5, 5.41) is 12.5. The van der Waals surface area contributed by atoms with Gasteiger partial charge in [-0.15, -0.1) is 0 Å². The lowest BCUT2D eigenvalue weighted by Gasteiger charge is -2.37. The van der Waals surface area contributed by atoms with Crippen molar-refractivity contribution in [3.05, 3.63) is 29.8 Å². The third kappa shape index (κ3) is 4.45. The van der Waals surface area contributed by atoms with E-state index in [1.54, 1.807) is 6.92 Å². The fourth-order valence-corrected chi connectivity index (χ4v) is 2.58. The van der Waals surface area contributed by atoms with E-state index in [1.807, 2.05) is 11.8 Å². The molecule has 3 unspecified atom stereocenters. The van der Waals surface area contributed by atoms with Crippen LogP contribution in [0.4, 0.5) is 18.9 Å². The standard InChI is InChI=1S/C16H21F3N2O2/c1-10-7-8-21(9-14(10)22)11(2)15(23)20-13-5-3-12(4-6-13)16(17,18)19/h3-6,10-11,14,22H,7-9H2,1-2H3,(H,20,23). The van der Waals surface area contributed by atoms with E-state index in [9.17, 15) is 23.1 Å². The number of nitrogens with zero attached hydrogens (tertiary/aromatic N) is 1. The number of carbonyl (C=O) groups excluding carboxylic acids is 1. The first-order valence-electron chi connectivity index (χ1n) is 7.58. The van der Waals surface area contributed by atoms with Crippen LogP contribution in [0, 0.1) is 5.92 Å². The molecule has 23 heavy (non-hydrogen) atoms. The molecule has 0 radical (unpaired) electrons. The maximum atomic E-state index is 12.5. The molecule has 0 aromatic heterocycles. The van der Waals surface area contributed by atoms with Gasteiger partial charge in [-0.05, 0) is 50.1 Å². The van der Waals surface area contributed by atoms with Crippen molar-refractivity contribution in [1.82, 2.24) is 4.90 Å². The van der Waals surface area contributed by atoms with E-state index in [0.717, 1.165) is 18.6 Å². The van der Waals surface area contributed by atoms with Gasteiger partial charge in [-0.2, -0.15) is 13.2 Å². The Balaban J connectivity index is 1.96. The molecule has 1 fully saturated rings. The van der Waals surface area contributed by atoms with Crippen molar-refractivity contribution >= 4 is 11.6 Å². The van der Waals surface area contributed by atoms with E-state index in [0.29, 0.717) is 18.8 Å². The lowest BCUT2D eigenvalue weighted by atomic mass is 9.95. The van der Waals surface area contributed by atoms with E-state index < -0.39 is 23.9 Å². The topological polar surface area (TPSA) is 52.6 Å². The predicted molar refractivity (Wildman–Crippen MR) is 80.9 cm³/mol. The Morgan fingerprint density at radius 1 is 1.35 bits per heavy atom. The molecule has 4 nitrogen and oxygen atoms in total. The van der Waals surface area contributed by atoms with Crippen molar-refractivity contribution in [1.29, 1.82) is 0 Å². The molecule has 1 aromatic carbocycles. The van der Waals surface area contributed by atoms with Crippen LogP contribution in [0.3, 0.4) is 0 Å². The normalized spacial score (nSPS) is 24.3. The van der Waals surface area contributed by atoms with Crippen LogP contribution in [-0.4, -0.2) is 41.1 Å². The van der Waals surface area contributed by atoms with Gasteiger partial charge < -0.3 is 10.4 Å². The average Bonchev–Trinajstić information content (AvgIpc) is 2.49. The summed E-state index contributed by atoms with van der Waals surface area (Å²) in [4.78, 5) is 14.1. The van der Waals surface area contributed by atoms with Crippen molar-refractivity contribution in [2.75, 3.05) is 18.4 Å². The predicted octanol–water partition coefficient (Wildman–Crippen LogP) is 2.74. The molecule has 128 valence electrons. The number of rotatable bonds is 3.